The minimum Gasteiger partial charge on any atom is -0.497 e. The number of rotatable bonds is 14. The van der Waals surface area contributed by atoms with Gasteiger partial charge in [0.2, 0.25) is 11.8 Å². The Hall–Kier alpha value is -4.12. The topological polar surface area (TPSA) is 105 Å². The summed E-state index contributed by atoms with van der Waals surface area (Å²) in [6, 6.07) is 17.0. The Bertz CT molecular complexity index is 1450. The van der Waals surface area contributed by atoms with Gasteiger partial charge in [-0.25, -0.2) is 12.8 Å². The number of para-hydroxylation sites is 2. The summed E-state index contributed by atoms with van der Waals surface area (Å²) in [6.07, 6.45) is 0.275. The van der Waals surface area contributed by atoms with E-state index in [0.29, 0.717) is 17.9 Å². The second-order valence-electron chi connectivity index (χ2n) is 10.1. The van der Waals surface area contributed by atoms with Crippen molar-refractivity contribution < 1.29 is 31.9 Å². The molecular formula is C31H38FN3O6S. The second-order valence-corrected chi connectivity index (χ2v) is 11.9. The number of carbonyl (C=O) groups excluding carboxylic acids is 2. The lowest BCUT2D eigenvalue weighted by atomic mass is 10.1. The van der Waals surface area contributed by atoms with Gasteiger partial charge in [-0.1, -0.05) is 45.0 Å². The fraction of sp³-hybridized carbons (Fsp3) is 0.355. The van der Waals surface area contributed by atoms with Gasteiger partial charge in [-0.15, -0.1) is 0 Å². The van der Waals surface area contributed by atoms with Crippen molar-refractivity contribution in [2.75, 3.05) is 31.6 Å². The number of anilines is 1. The molecule has 0 aromatic heterocycles. The fourth-order valence-electron chi connectivity index (χ4n) is 4.35. The summed E-state index contributed by atoms with van der Waals surface area (Å²) >= 11 is 0. The molecule has 0 aliphatic carbocycles. The number of carbonyl (C=O) groups is 2. The first-order chi connectivity index (χ1) is 20.0. The predicted octanol–water partition coefficient (Wildman–Crippen LogP) is 4.62. The van der Waals surface area contributed by atoms with Crippen molar-refractivity contribution in [3.05, 3.63) is 84.2 Å². The third-order valence-corrected chi connectivity index (χ3v) is 8.39. The number of amides is 2. The van der Waals surface area contributed by atoms with Gasteiger partial charge in [0.15, 0.2) is 0 Å². The summed E-state index contributed by atoms with van der Waals surface area (Å²) in [6.45, 7) is 5.44. The first-order valence-corrected chi connectivity index (χ1v) is 15.1. The molecule has 42 heavy (non-hydrogen) atoms. The van der Waals surface area contributed by atoms with Gasteiger partial charge >= 0.3 is 0 Å². The number of benzene rings is 3. The van der Waals surface area contributed by atoms with Crippen LogP contribution in [0.15, 0.2) is 77.7 Å². The molecule has 0 fully saturated rings. The van der Waals surface area contributed by atoms with Gasteiger partial charge in [0, 0.05) is 13.1 Å². The van der Waals surface area contributed by atoms with E-state index in [1.807, 2.05) is 13.8 Å². The van der Waals surface area contributed by atoms with Crippen LogP contribution in [0.3, 0.4) is 0 Å². The molecule has 0 heterocycles. The van der Waals surface area contributed by atoms with Gasteiger partial charge in [0.1, 0.15) is 29.9 Å². The Morgan fingerprint density at radius 1 is 0.929 bits per heavy atom. The van der Waals surface area contributed by atoms with Crippen molar-refractivity contribution in [2.45, 2.75) is 44.7 Å². The molecule has 0 saturated heterocycles. The van der Waals surface area contributed by atoms with E-state index in [0.717, 1.165) is 4.31 Å². The highest BCUT2D eigenvalue weighted by molar-refractivity contribution is 7.92. The zero-order valence-corrected chi connectivity index (χ0v) is 25.4. The first kappa shape index (κ1) is 32.4. The van der Waals surface area contributed by atoms with Gasteiger partial charge in [0.05, 0.1) is 24.8 Å². The van der Waals surface area contributed by atoms with E-state index in [4.69, 9.17) is 9.47 Å². The quantitative estimate of drug-likeness (QED) is 0.290. The van der Waals surface area contributed by atoms with Crippen molar-refractivity contribution in [3.63, 3.8) is 0 Å². The first-order valence-electron chi connectivity index (χ1n) is 13.6. The molecule has 1 N–H and O–H groups in total. The Labute approximate surface area is 247 Å². The average Bonchev–Trinajstić information content (AvgIpc) is 2.99. The maximum absolute atomic E-state index is 14.1. The molecule has 2 amide bonds. The van der Waals surface area contributed by atoms with Crippen molar-refractivity contribution in [1.82, 2.24) is 10.2 Å². The summed E-state index contributed by atoms with van der Waals surface area (Å²) < 4.78 is 53.3. The zero-order valence-electron chi connectivity index (χ0n) is 24.5. The maximum atomic E-state index is 14.1. The number of methoxy groups -OCH3 is 2. The van der Waals surface area contributed by atoms with Crippen molar-refractivity contribution >= 4 is 27.5 Å². The molecule has 3 rings (SSSR count). The lowest BCUT2D eigenvalue weighted by Crippen LogP contribution is -2.52. The van der Waals surface area contributed by atoms with Crippen LogP contribution >= 0.6 is 0 Å². The number of ether oxygens (including phenoxy) is 2. The minimum atomic E-state index is -4.29. The second kappa shape index (κ2) is 14.7. The van der Waals surface area contributed by atoms with Gasteiger partial charge in [-0.3, -0.25) is 13.9 Å². The van der Waals surface area contributed by atoms with E-state index in [1.54, 1.807) is 31.2 Å². The minimum absolute atomic E-state index is 0.0327. The highest BCUT2D eigenvalue weighted by Gasteiger charge is 2.34. The highest BCUT2D eigenvalue weighted by atomic mass is 32.2. The highest BCUT2D eigenvalue weighted by Crippen LogP contribution is 2.33. The van der Waals surface area contributed by atoms with Crippen molar-refractivity contribution in [3.8, 4) is 11.5 Å². The van der Waals surface area contributed by atoms with Crippen LogP contribution in [0.4, 0.5) is 10.1 Å². The molecule has 226 valence electrons. The Balaban J connectivity index is 2.08. The largest absolute Gasteiger partial charge is 0.497 e. The maximum Gasteiger partial charge on any atom is 0.264 e. The number of hydrogen-bond acceptors (Lipinski definition) is 6. The number of nitrogens with zero attached hydrogens (tertiary/aromatic N) is 2. The van der Waals surface area contributed by atoms with Gasteiger partial charge in [-0.05, 0) is 66.4 Å². The van der Waals surface area contributed by atoms with E-state index in [1.165, 1.54) is 67.7 Å². The van der Waals surface area contributed by atoms with Crippen LogP contribution in [-0.2, 0) is 26.2 Å². The molecule has 1 atom stereocenters. The predicted molar refractivity (Wildman–Crippen MR) is 159 cm³/mol. The van der Waals surface area contributed by atoms with Crippen LogP contribution in [0.5, 0.6) is 11.5 Å². The van der Waals surface area contributed by atoms with E-state index in [-0.39, 0.29) is 41.1 Å². The van der Waals surface area contributed by atoms with E-state index < -0.39 is 34.3 Å². The molecule has 0 aliphatic rings. The van der Waals surface area contributed by atoms with E-state index in [9.17, 15) is 22.4 Å². The lowest BCUT2D eigenvalue weighted by molar-refractivity contribution is -0.140. The van der Waals surface area contributed by atoms with Gasteiger partial charge in [0.25, 0.3) is 10.0 Å². The smallest absolute Gasteiger partial charge is 0.264 e. The third kappa shape index (κ3) is 8.00. The molecular weight excluding hydrogens is 561 g/mol. The van der Waals surface area contributed by atoms with Gasteiger partial charge < -0.3 is 19.7 Å². The third-order valence-electron chi connectivity index (χ3n) is 6.62. The molecule has 0 saturated carbocycles. The molecule has 11 heteroatoms. The van der Waals surface area contributed by atoms with Crippen molar-refractivity contribution in [1.29, 1.82) is 0 Å². The molecule has 0 aliphatic heterocycles. The summed E-state index contributed by atoms with van der Waals surface area (Å²) in [4.78, 5) is 28.7. The summed E-state index contributed by atoms with van der Waals surface area (Å²) in [5.74, 6) is -0.515. The molecule has 0 spiro atoms. The summed E-state index contributed by atoms with van der Waals surface area (Å²) in [5.41, 5.74) is 0.741. The zero-order chi connectivity index (χ0) is 30.9. The number of hydrogen-bond donors (Lipinski definition) is 1. The Morgan fingerprint density at radius 3 is 2.14 bits per heavy atom. The SMILES string of the molecule is CCC(C(=O)NCC(C)C)N(Cc1ccc(F)cc1)C(=O)CN(c1ccccc1OC)S(=O)(=O)c1ccc(OC)cc1. The van der Waals surface area contributed by atoms with Crippen molar-refractivity contribution in [2.24, 2.45) is 5.92 Å². The van der Waals surface area contributed by atoms with Gasteiger partial charge in [-0.2, -0.15) is 0 Å². The van der Waals surface area contributed by atoms with Crippen LogP contribution in [0.25, 0.3) is 0 Å². The summed E-state index contributed by atoms with van der Waals surface area (Å²) in [7, 11) is -1.41. The molecule has 0 bridgehead atoms. The molecule has 3 aromatic rings. The van der Waals surface area contributed by atoms with E-state index >= 15 is 0 Å². The number of halogens is 1. The summed E-state index contributed by atoms with van der Waals surface area (Å²) in [5, 5.41) is 2.88. The normalized spacial score (nSPS) is 12.0. The standard InChI is InChI=1S/C31H38FN3O6S/c1-6-27(31(37)33-19-22(2)3)34(20-23-11-13-24(32)14-12-23)30(36)21-35(28-9-7-8-10-29(28)41-5)42(38,39)26-17-15-25(40-4)16-18-26/h7-18,22,27H,6,19-21H2,1-5H3,(H,33,37). The van der Waals surface area contributed by atoms with Crippen LogP contribution in [0.1, 0.15) is 32.8 Å². The number of nitrogens with one attached hydrogen (secondary N) is 1. The fourth-order valence-corrected chi connectivity index (χ4v) is 5.78. The monoisotopic (exact) mass is 599 g/mol. The average molecular weight is 600 g/mol. The van der Waals surface area contributed by atoms with Crippen LogP contribution in [0, 0.1) is 11.7 Å². The Kier molecular flexibility index (Phi) is 11.3. The van der Waals surface area contributed by atoms with Crippen LogP contribution in [-0.4, -0.2) is 58.5 Å². The van der Waals surface area contributed by atoms with E-state index in [2.05, 4.69) is 5.32 Å². The molecule has 9 nitrogen and oxygen atoms in total. The molecule has 0 radical (unpaired) electrons. The Morgan fingerprint density at radius 2 is 1.57 bits per heavy atom. The molecule has 3 aromatic carbocycles. The number of sulfonamides is 1. The van der Waals surface area contributed by atoms with Crippen LogP contribution in [0.2, 0.25) is 0 Å². The molecule has 1 unspecified atom stereocenters. The van der Waals surface area contributed by atoms with Crippen LogP contribution < -0.4 is 19.1 Å². The lowest BCUT2D eigenvalue weighted by Gasteiger charge is -2.33.